The first-order valence-corrected chi connectivity index (χ1v) is 15.3. The van der Waals surface area contributed by atoms with Crippen LogP contribution in [0.25, 0.3) is 21.1 Å². The molecule has 0 radical (unpaired) electrons. The Balaban J connectivity index is 1.08. The largest absolute Gasteiger partial charge is 0.393 e. The van der Waals surface area contributed by atoms with Gasteiger partial charge in [-0.05, 0) is 49.1 Å². The average Bonchev–Trinajstić information content (AvgIpc) is 3.57. The molecular weight excluding hydrogens is 591 g/mol. The van der Waals surface area contributed by atoms with Crippen LogP contribution < -0.4 is 10.6 Å². The molecule has 0 saturated carbocycles. The highest BCUT2D eigenvalue weighted by molar-refractivity contribution is 7.18. The predicted molar refractivity (Wildman–Crippen MR) is 162 cm³/mol. The van der Waals surface area contributed by atoms with E-state index in [1.165, 1.54) is 11.9 Å². The number of nitriles is 1. The van der Waals surface area contributed by atoms with Crippen LogP contribution in [0.15, 0.2) is 42.7 Å². The quantitative estimate of drug-likeness (QED) is 0.264. The van der Waals surface area contributed by atoms with Gasteiger partial charge in [0.05, 0.1) is 17.9 Å². The molecule has 0 aliphatic carbocycles. The van der Waals surface area contributed by atoms with Gasteiger partial charge in [0.2, 0.25) is 5.91 Å². The number of halogens is 3. The molecule has 0 bridgehead atoms. The summed E-state index contributed by atoms with van der Waals surface area (Å²) >= 11 is 1.06. The van der Waals surface area contributed by atoms with Crippen molar-refractivity contribution >= 4 is 44.2 Å². The minimum Gasteiger partial charge on any atom is -0.367 e. The summed E-state index contributed by atoms with van der Waals surface area (Å²) in [5.41, 5.74) is 3.94. The van der Waals surface area contributed by atoms with Crippen molar-refractivity contribution in [3.63, 3.8) is 0 Å². The Kier molecular flexibility index (Phi) is 8.57. The summed E-state index contributed by atoms with van der Waals surface area (Å²) < 4.78 is 46.2. The number of hydrogen-bond donors (Lipinski definition) is 2. The number of ether oxygens (including phenoxy) is 1. The summed E-state index contributed by atoms with van der Waals surface area (Å²) in [5, 5.41) is 17.8. The SMILES string of the molecule is Cc1c(CN2CCC(Nc3ncnc4sc(CC(F)(F)F)cc34)CC2)ccc2c1cc(C#N)n2C/C=C/C1CNC(=O)CO1. The highest BCUT2D eigenvalue weighted by atomic mass is 32.1. The van der Waals surface area contributed by atoms with E-state index in [1.807, 2.05) is 22.8 Å². The maximum atomic E-state index is 12.9. The number of fused-ring (bicyclic) bond motifs is 2. The van der Waals surface area contributed by atoms with Gasteiger partial charge in [0, 0.05) is 54.5 Å². The molecule has 0 spiro atoms. The summed E-state index contributed by atoms with van der Waals surface area (Å²) in [5.74, 6) is 0.473. The van der Waals surface area contributed by atoms with Crippen LogP contribution in [0.4, 0.5) is 19.0 Å². The number of anilines is 1. The molecule has 9 nitrogen and oxygen atoms in total. The molecule has 1 amide bonds. The van der Waals surface area contributed by atoms with Gasteiger partial charge < -0.3 is 19.9 Å². The zero-order valence-electron chi connectivity index (χ0n) is 24.2. The highest BCUT2D eigenvalue weighted by Crippen LogP contribution is 2.33. The summed E-state index contributed by atoms with van der Waals surface area (Å²) in [6.45, 7) is 5.63. The van der Waals surface area contributed by atoms with Crippen molar-refractivity contribution < 1.29 is 22.7 Å². The van der Waals surface area contributed by atoms with Gasteiger partial charge in [-0.3, -0.25) is 9.69 Å². The summed E-state index contributed by atoms with van der Waals surface area (Å²) in [6, 6.07) is 10.2. The number of aromatic nitrogens is 3. The Morgan fingerprint density at radius 1 is 1.23 bits per heavy atom. The Morgan fingerprint density at radius 3 is 2.77 bits per heavy atom. The van der Waals surface area contributed by atoms with Crippen LogP contribution in [0.2, 0.25) is 0 Å². The van der Waals surface area contributed by atoms with Gasteiger partial charge in [0.1, 0.15) is 35.3 Å². The number of morpholine rings is 1. The lowest BCUT2D eigenvalue weighted by atomic mass is 10.0. The molecular formula is C31H32F3N7O2S. The molecule has 2 aliphatic heterocycles. The van der Waals surface area contributed by atoms with Gasteiger partial charge in [0.15, 0.2) is 0 Å². The Hall–Kier alpha value is -3.99. The first-order chi connectivity index (χ1) is 21.2. The fraction of sp³-hybridized carbons (Fsp3) is 0.419. The van der Waals surface area contributed by atoms with E-state index in [1.54, 1.807) is 6.07 Å². The number of hydrogen-bond acceptors (Lipinski definition) is 8. The molecule has 2 fully saturated rings. The number of nitrogens with zero attached hydrogens (tertiary/aromatic N) is 5. The van der Waals surface area contributed by atoms with E-state index in [9.17, 15) is 23.2 Å². The Bertz CT molecular complexity index is 1740. The third-order valence-corrected chi connectivity index (χ3v) is 9.27. The first-order valence-electron chi connectivity index (χ1n) is 14.5. The Morgan fingerprint density at radius 2 is 2.05 bits per heavy atom. The number of rotatable bonds is 8. The van der Waals surface area contributed by atoms with Gasteiger partial charge in [0.25, 0.3) is 0 Å². The maximum absolute atomic E-state index is 12.9. The number of aryl methyl sites for hydroxylation is 1. The minimum absolute atomic E-state index is 0.0523. The van der Waals surface area contributed by atoms with Crippen LogP contribution in [0, 0.1) is 18.3 Å². The molecule has 1 aromatic carbocycles. The third kappa shape index (κ3) is 6.72. The van der Waals surface area contributed by atoms with Crippen molar-refractivity contribution in [2.75, 3.05) is 31.6 Å². The number of allylic oxidation sites excluding steroid dienone is 1. The standard InChI is InChI=1S/C31H32F3N7O2S/c1-19-20(4-5-27-25(19)11-22(14-35)41(27)8-2-3-23-15-36-28(42)17-43-23)16-40-9-6-21(7-10-40)39-29-26-12-24(13-31(32,33)34)44-30(26)38-18-37-29/h2-5,11-12,18,21,23H,6-10,13,15-17H2,1H3,(H,36,42)(H,37,38,39)/b3-2+. The molecule has 2 saturated heterocycles. The number of likely N-dealkylation sites (tertiary alicyclic amines) is 1. The van der Waals surface area contributed by atoms with Crippen molar-refractivity contribution in [2.24, 2.45) is 0 Å². The van der Waals surface area contributed by atoms with E-state index in [0.29, 0.717) is 34.8 Å². The molecule has 2 aliphatic rings. The van der Waals surface area contributed by atoms with Crippen molar-refractivity contribution in [3.8, 4) is 6.07 Å². The predicted octanol–water partition coefficient (Wildman–Crippen LogP) is 5.08. The summed E-state index contributed by atoms with van der Waals surface area (Å²) in [4.78, 5) is 23.0. The number of benzene rings is 1. The molecule has 3 aromatic heterocycles. The molecule has 230 valence electrons. The van der Waals surface area contributed by atoms with Crippen molar-refractivity contribution in [1.29, 1.82) is 5.26 Å². The lowest BCUT2D eigenvalue weighted by Gasteiger charge is -2.33. The second-order valence-electron chi connectivity index (χ2n) is 11.3. The third-order valence-electron chi connectivity index (χ3n) is 8.23. The number of piperidine rings is 1. The van der Waals surface area contributed by atoms with E-state index in [4.69, 9.17) is 4.74 Å². The molecule has 5 heterocycles. The van der Waals surface area contributed by atoms with Crippen LogP contribution in [0.3, 0.4) is 0 Å². The van der Waals surface area contributed by atoms with Crippen LogP contribution in [-0.2, 0) is 29.0 Å². The van der Waals surface area contributed by atoms with Crippen LogP contribution in [-0.4, -0.2) is 69.9 Å². The number of alkyl halides is 3. The van der Waals surface area contributed by atoms with Gasteiger partial charge >= 0.3 is 6.18 Å². The second kappa shape index (κ2) is 12.6. The number of carbonyl (C=O) groups excluding carboxylic acids is 1. The summed E-state index contributed by atoms with van der Waals surface area (Å²) in [6.07, 6.45) is 1.64. The highest BCUT2D eigenvalue weighted by Gasteiger charge is 2.29. The van der Waals surface area contributed by atoms with E-state index >= 15 is 0 Å². The lowest BCUT2D eigenvalue weighted by Crippen LogP contribution is -2.42. The average molecular weight is 624 g/mol. The molecule has 4 aromatic rings. The fourth-order valence-corrected chi connectivity index (χ4v) is 6.93. The normalized spacial score (nSPS) is 18.7. The molecule has 2 N–H and O–H groups in total. The van der Waals surface area contributed by atoms with Gasteiger partial charge in [-0.1, -0.05) is 18.2 Å². The van der Waals surface area contributed by atoms with E-state index < -0.39 is 12.6 Å². The topological polar surface area (TPSA) is 108 Å². The van der Waals surface area contributed by atoms with E-state index in [0.717, 1.165) is 60.3 Å². The molecule has 13 heteroatoms. The zero-order valence-corrected chi connectivity index (χ0v) is 25.0. The number of carbonyl (C=O) groups is 1. The van der Waals surface area contributed by atoms with Crippen LogP contribution in [0.1, 0.15) is 34.5 Å². The number of thiophene rings is 1. The molecule has 1 unspecified atom stereocenters. The van der Waals surface area contributed by atoms with Gasteiger partial charge in [-0.25, -0.2) is 9.97 Å². The number of amides is 1. The lowest BCUT2D eigenvalue weighted by molar-refractivity contribution is -0.131. The van der Waals surface area contributed by atoms with Crippen molar-refractivity contribution in [1.82, 2.24) is 24.8 Å². The molecule has 1 atom stereocenters. The molecule has 6 rings (SSSR count). The van der Waals surface area contributed by atoms with E-state index in [-0.39, 0.29) is 29.5 Å². The van der Waals surface area contributed by atoms with Crippen molar-refractivity contribution in [3.05, 3.63) is 64.4 Å². The second-order valence-corrected chi connectivity index (χ2v) is 12.4. The van der Waals surface area contributed by atoms with Crippen LogP contribution in [0.5, 0.6) is 0 Å². The Labute approximate surface area is 256 Å². The van der Waals surface area contributed by atoms with Gasteiger partial charge in [-0.2, -0.15) is 18.4 Å². The van der Waals surface area contributed by atoms with Gasteiger partial charge in [-0.15, -0.1) is 11.3 Å². The smallest absolute Gasteiger partial charge is 0.367 e. The summed E-state index contributed by atoms with van der Waals surface area (Å²) in [7, 11) is 0. The molecule has 44 heavy (non-hydrogen) atoms. The monoisotopic (exact) mass is 623 g/mol. The first kappa shape index (κ1) is 30.1. The van der Waals surface area contributed by atoms with E-state index in [2.05, 4.69) is 50.6 Å². The maximum Gasteiger partial charge on any atom is 0.393 e. The fourth-order valence-electron chi connectivity index (χ4n) is 5.91. The minimum atomic E-state index is -4.26. The zero-order chi connectivity index (χ0) is 30.8. The van der Waals surface area contributed by atoms with Crippen molar-refractivity contribution in [2.45, 2.75) is 57.6 Å². The number of nitrogens with one attached hydrogen (secondary N) is 2. The van der Waals surface area contributed by atoms with Crippen LogP contribution >= 0.6 is 11.3 Å².